The Morgan fingerprint density at radius 1 is 1.13 bits per heavy atom. The highest BCUT2D eigenvalue weighted by Crippen LogP contribution is 2.30. The van der Waals surface area contributed by atoms with E-state index in [9.17, 15) is 18.5 Å². The molecule has 0 saturated carbocycles. The monoisotopic (exact) mass is 434 g/mol. The van der Waals surface area contributed by atoms with Crippen LogP contribution < -0.4 is 5.14 Å². The van der Waals surface area contributed by atoms with Gasteiger partial charge in [0.05, 0.1) is 16.9 Å². The van der Waals surface area contributed by atoms with E-state index in [1.54, 1.807) is 26.0 Å². The third kappa shape index (κ3) is 5.74. The first-order valence-electron chi connectivity index (χ1n) is 9.95. The molecule has 0 aromatic heterocycles. The van der Waals surface area contributed by atoms with Crippen molar-refractivity contribution in [3.8, 4) is 0 Å². The molecule has 1 unspecified atom stereocenters. The highest BCUT2D eigenvalue weighted by Gasteiger charge is 2.21. The van der Waals surface area contributed by atoms with Crippen LogP contribution in [0.3, 0.4) is 0 Å². The predicted molar refractivity (Wildman–Crippen MR) is 118 cm³/mol. The van der Waals surface area contributed by atoms with Gasteiger partial charge >= 0.3 is 0 Å². The third-order valence-corrected chi connectivity index (χ3v) is 6.38. The molecule has 1 atom stereocenters. The van der Waals surface area contributed by atoms with Crippen LogP contribution in [0.1, 0.15) is 75.6 Å². The molecule has 0 bridgehead atoms. The van der Waals surface area contributed by atoms with Crippen LogP contribution in [0.5, 0.6) is 0 Å². The molecule has 0 aliphatic rings. The lowest BCUT2D eigenvalue weighted by molar-refractivity contribution is -0.117. The number of rotatable bonds is 6. The van der Waals surface area contributed by atoms with Crippen molar-refractivity contribution in [2.75, 3.05) is 0 Å². The first kappa shape index (κ1) is 24.2. The molecule has 30 heavy (non-hydrogen) atoms. The molecule has 0 heterocycles. The fraction of sp³-hybridized carbons (Fsp3) is 0.435. The number of nitrogens with zero attached hydrogens (tertiary/aromatic N) is 1. The molecular formula is C23H31FN2O3S. The molecule has 2 aromatic carbocycles. The summed E-state index contributed by atoms with van der Waals surface area (Å²) < 4.78 is 30.9. The Morgan fingerprint density at radius 2 is 1.67 bits per heavy atom. The number of nitrogens with two attached hydrogens (primary N) is 1. The van der Waals surface area contributed by atoms with Gasteiger partial charge in [-0.25, -0.2) is 13.7 Å². The van der Waals surface area contributed by atoms with Gasteiger partial charge in [0.1, 0.15) is 15.7 Å². The maximum absolute atomic E-state index is 14.1. The second-order valence-corrected chi connectivity index (χ2v) is 10.5. The Morgan fingerprint density at radius 3 is 2.13 bits per heavy atom. The van der Waals surface area contributed by atoms with Crippen molar-refractivity contribution >= 4 is 15.8 Å². The molecule has 0 spiro atoms. The standard InChI is InChI=1S/C23H31FN2O3S/c1-14(2)19-11-17(24)12-20(15(3)4)21(19)13-22(27)26-30(25,29)18-9-7-8-16(10-18)23(5,6)28/h7-12,14-15,28H,13H2,1-6H3,(H2,25,26,27,29). The summed E-state index contributed by atoms with van der Waals surface area (Å²) in [6.07, 6.45) is -0.110. The van der Waals surface area contributed by atoms with Crippen LogP contribution in [-0.2, 0) is 26.7 Å². The molecule has 1 amide bonds. The number of amides is 1. The maximum Gasteiger partial charge on any atom is 0.259 e. The van der Waals surface area contributed by atoms with Gasteiger partial charge in [-0.3, -0.25) is 4.79 Å². The summed E-state index contributed by atoms with van der Waals surface area (Å²) in [7, 11) is -3.50. The molecule has 5 nitrogen and oxygen atoms in total. The molecule has 0 saturated heterocycles. The summed E-state index contributed by atoms with van der Waals surface area (Å²) in [5, 5.41) is 16.1. The quantitative estimate of drug-likeness (QED) is 0.686. The van der Waals surface area contributed by atoms with E-state index in [1.165, 1.54) is 24.3 Å². The van der Waals surface area contributed by atoms with Crippen molar-refractivity contribution in [3.05, 3.63) is 64.5 Å². The van der Waals surface area contributed by atoms with E-state index >= 15 is 0 Å². The normalized spacial score (nSPS) is 14.1. The summed E-state index contributed by atoms with van der Waals surface area (Å²) in [5.41, 5.74) is 1.53. The number of hydrogen-bond donors (Lipinski definition) is 2. The Hall–Kier alpha value is -2.09. The van der Waals surface area contributed by atoms with Gasteiger partial charge in [-0.2, -0.15) is 0 Å². The van der Waals surface area contributed by atoms with E-state index in [2.05, 4.69) is 4.36 Å². The van der Waals surface area contributed by atoms with Crippen molar-refractivity contribution in [2.45, 2.75) is 70.3 Å². The first-order valence-corrected chi connectivity index (χ1v) is 11.5. The Balaban J connectivity index is 2.48. The number of benzene rings is 2. The zero-order valence-electron chi connectivity index (χ0n) is 18.4. The summed E-state index contributed by atoms with van der Waals surface area (Å²) in [4.78, 5) is 12.9. The predicted octanol–water partition coefficient (Wildman–Crippen LogP) is 4.77. The van der Waals surface area contributed by atoms with Crippen LogP contribution in [0.15, 0.2) is 45.7 Å². The Kier molecular flexibility index (Phi) is 7.22. The molecule has 0 radical (unpaired) electrons. The Labute approximate surface area is 178 Å². The van der Waals surface area contributed by atoms with Gasteiger partial charge in [0.25, 0.3) is 5.91 Å². The largest absolute Gasteiger partial charge is 0.386 e. The number of aliphatic hydroxyl groups is 1. The van der Waals surface area contributed by atoms with Gasteiger partial charge in [-0.05, 0) is 72.2 Å². The van der Waals surface area contributed by atoms with Gasteiger partial charge in [0.15, 0.2) is 0 Å². The number of halogens is 1. The number of hydrogen-bond acceptors (Lipinski definition) is 3. The molecule has 0 aliphatic heterocycles. The molecule has 0 aliphatic carbocycles. The molecule has 3 N–H and O–H groups in total. The highest BCUT2D eigenvalue weighted by molar-refractivity contribution is 7.91. The van der Waals surface area contributed by atoms with E-state index in [4.69, 9.17) is 5.14 Å². The minimum absolute atomic E-state index is 0.00620. The van der Waals surface area contributed by atoms with Gasteiger partial charge < -0.3 is 5.11 Å². The fourth-order valence-electron chi connectivity index (χ4n) is 3.36. The lowest BCUT2D eigenvalue weighted by atomic mass is 9.87. The highest BCUT2D eigenvalue weighted by atomic mass is 32.2. The zero-order chi connectivity index (χ0) is 22.9. The van der Waals surface area contributed by atoms with Crippen LogP contribution in [0.4, 0.5) is 4.39 Å². The summed E-state index contributed by atoms with van der Waals surface area (Å²) in [6, 6.07) is 9.19. The van der Waals surface area contributed by atoms with Crippen molar-refractivity contribution in [3.63, 3.8) is 0 Å². The molecule has 2 aromatic rings. The third-order valence-electron chi connectivity index (χ3n) is 4.97. The lowest BCUT2D eigenvalue weighted by Crippen LogP contribution is -2.19. The molecule has 7 heteroatoms. The fourth-order valence-corrected chi connectivity index (χ4v) is 4.40. The number of carbonyl (C=O) groups is 1. The van der Waals surface area contributed by atoms with Gasteiger partial charge in [0, 0.05) is 0 Å². The van der Waals surface area contributed by atoms with E-state index < -0.39 is 21.4 Å². The van der Waals surface area contributed by atoms with Gasteiger partial charge in [-0.15, -0.1) is 4.36 Å². The van der Waals surface area contributed by atoms with Crippen molar-refractivity contribution < 1.29 is 18.5 Å². The molecular weight excluding hydrogens is 403 g/mol. The maximum atomic E-state index is 14.1. The minimum Gasteiger partial charge on any atom is -0.386 e. The van der Waals surface area contributed by atoms with Crippen LogP contribution >= 0.6 is 0 Å². The zero-order valence-corrected chi connectivity index (χ0v) is 19.2. The van der Waals surface area contributed by atoms with Crippen molar-refractivity contribution in [2.24, 2.45) is 9.50 Å². The SMILES string of the molecule is CC(C)c1cc(F)cc(C(C)C)c1CC(=O)N=S(N)(=O)c1cccc(C(C)(C)O)c1. The molecule has 0 fully saturated rings. The van der Waals surface area contributed by atoms with Gasteiger partial charge in [0.2, 0.25) is 0 Å². The van der Waals surface area contributed by atoms with Crippen LogP contribution in [0.2, 0.25) is 0 Å². The average Bonchev–Trinajstić information content (AvgIpc) is 2.61. The van der Waals surface area contributed by atoms with E-state index in [0.717, 1.165) is 11.1 Å². The second-order valence-electron chi connectivity index (χ2n) is 8.69. The second kappa shape index (κ2) is 8.96. The average molecular weight is 435 g/mol. The van der Waals surface area contributed by atoms with E-state index in [-0.39, 0.29) is 29.0 Å². The summed E-state index contributed by atoms with van der Waals surface area (Å²) >= 11 is 0. The summed E-state index contributed by atoms with van der Waals surface area (Å²) in [5.74, 6) is -0.966. The van der Waals surface area contributed by atoms with Crippen LogP contribution in [0.25, 0.3) is 0 Å². The smallest absolute Gasteiger partial charge is 0.259 e. The van der Waals surface area contributed by atoms with Crippen LogP contribution in [-0.4, -0.2) is 15.2 Å². The van der Waals surface area contributed by atoms with Crippen molar-refractivity contribution in [1.29, 1.82) is 0 Å². The van der Waals surface area contributed by atoms with E-state index in [0.29, 0.717) is 11.1 Å². The Bertz CT molecular complexity index is 1030. The first-order chi connectivity index (χ1) is 13.7. The molecule has 2 rings (SSSR count). The van der Waals surface area contributed by atoms with E-state index in [1.807, 2.05) is 27.7 Å². The minimum atomic E-state index is -3.50. The van der Waals surface area contributed by atoms with Gasteiger partial charge in [-0.1, -0.05) is 39.8 Å². The number of carbonyl (C=O) groups excluding carboxylic acids is 1. The topological polar surface area (TPSA) is 92.8 Å². The van der Waals surface area contributed by atoms with Crippen molar-refractivity contribution in [1.82, 2.24) is 0 Å². The van der Waals surface area contributed by atoms with Crippen LogP contribution in [0, 0.1) is 5.82 Å². The lowest BCUT2D eigenvalue weighted by Gasteiger charge is -2.19. The summed E-state index contributed by atoms with van der Waals surface area (Å²) in [6.45, 7) is 10.9. The molecule has 164 valence electrons.